The highest BCUT2D eigenvalue weighted by molar-refractivity contribution is 7.71. The minimum Gasteiger partial charge on any atom is -0.409 e. The number of nitrogens with one attached hydrogen (secondary N) is 1. The van der Waals surface area contributed by atoms with Crippen LogP contribution in [-0.4, -0.2) is 28.5 Å². The van der Waals surface area contributed by atoms with Gasteiger partial charge in [-0.1, -0.05) is 0 Å². The van der Waals surface area contributed by atoms with Crippen LogP contribution in [0.4, 0.5) is 0 Å². The molecule has 2 aromatic rings. The summed E-state index contributed by atoms with van der Waals surface area (Å²) in [5.74, 6) is 0.201. The largest absolute Gasteiger partial charge is 0.409 e. The third-order valence-corrected chi connectivity index (χ3v) is 2.40. The SMILES string of the molecule is COCCn1cccc(-c2n[nH]c(=S)o2)c1=O. The molecule has 0 bridgehead atoms. The Kier molecular flexibility index (Phi) is 3.50. The van der Waals surface area contributed by atoms with Crippen molar-refractivity contribution in [2.75, 3.05) is 13.7 Å². The summed E-state index contributed by atoms with van der Waals surface area (Å²) in [4.78, 5) is 12.2. The van der Waals surface area contributed by atoms with Crippen molar-refractivity contribution in [1.29, 1.82) is 0 Å². The lowest BCUT2D eigenvalue weighted by Gasteiger charge is -2.05. The zero-order valence-corrected chi connectivity index (χ0v) is 9.99. The van der Waals surface area contributed by atoms with Gasteiger partial charge in [0.25, 0.3) is 16.3 Å². The van der Waals surface area contributed by atoms with Crippen LogP contribution in [-0.2, 0) is 11.3 Å². The molecule has 0 aromatic carbocycles. The lowest BCUT2D eigenvalue weighted by atomic mass is 10.3. The molecule has 0 spiro atoms. The topological polar surface area (TPSA) is 73.1 Å². The first-order chi connectivity index (χ1) is 8.22. The fourth-order valence-electron chi connectivity index (χ4n) is 1.41. The molecule has 0 unspecified atom stereocenters. The van der Waals surface area contributed by atoms with Crippen LogP contribution >= 0.6 is 12.2 Å². The van der Waals surface area contributed by atoms with Gasteiger partial charge in [0, 0.05) is 19.9 Å². The molecule has 17 heavy (non-hydrogen) atoms. The molecule has 0 aliphatic heterocycles. The predicted molar refractivity (Wildman–Crippen MR) is 63.3 cm³/mol. The fourth-order valence-corrected chi connectivity index (χ4v) is 1.53. The Hall–Kier alpha value is -1.73. The summed E-state index contributed by atoms with van der Waals surface area (Å²) in [5.41, 5.74) is 0.186. The molecule has 0 atom stereocenters. The van der Waals surface area contributed by atoms with Gasteiger partial charge in [-0.3, -0.25) is 4.79 Å². The molecule has 90 valence electrons. The van der Waals surface area contributed by atoms with E-state index < -0.39 is 0 Å². The Morgan fingerprint density at radius 3 is 3.12 bits per heavy atom. The monoisotopic (exact) mass is 253 g/mol. The maximum absolute atomic E-state index is 12.0. The average Bonchev–Trinajstić information content (AvgIpc) is 2.74. The molecule has 2 rings (SSSR count). The molecular weight excluding hydrogens is 242 g/mol. The molecule has 0 aliphatic carbocycles. The van der Waals surface area contributed by atoms with Crippen molar-refractivity contribution < 1.29 is 9.15 Å². The maximum atomic E-state index is 12.0. The van der Waals surface area contributed by atoms with E-state index in [1.165, 1.54) is 4.57 Å². The van der Waals surface area contributed by atoms with Gasteiger partial charge in [-0.05, 0) is 24.4 Å². The predicted octanol–water partition coefficient (Wildman–Crippen LogP) is 1.21. The van der Waals surface area contributed by atoms with E-state index >= 15 is 0 Å². The second-order valence-corrected chi connectivity index (χ2v) is 3.70. The van der Waals surface area contributed by atoms with Gasteiger partial charge in [0.05, 0.1) is 6.61 Å². The van der Waals surface area contributed by atoms with Crippen molar-refractivity contribution in [2.45, 2.75) is 6.54 Å². The highest BCUT2D eigenvalue weighted by Crippen LogP contribution is 2.10. The van der Waals surface area contributed by atoms with Crippen LogP contribution in [0.3, 0.4) is 0 Å². The summed E-state index contributed by atoms with van der Waals surface area (Å²) < 4.78 is 11.6. The number of hydrogen-bond donors (Lipinski definition) is 1. The molecule has 0 fully saturated rings. The number of nitrogens with zero attached hydrogens (tertiary/aromatic N) is 2. The van der Waals surface area contributed by atoms with Crippen LogP contribution in [0.2, 0.25) is 0 Å². The summed E-state index contributed by atoms with van der Waals surface area (Å²) in [7, 11) is 1.58. The standard InChI is InChI=1S/C10H11N3O3S/c1-15-6-5-13-4-2-3-7(9(13)14)8-11-12-10(17)16-8/h2-4H,5-6H2,1H3,(H,12,17). The number of ether oxygens (including phenoxy) is 1. The van der Waals surface area contributed by atoms with Crippen LogP contribution < -0.4 is 5.56 Å². The minimum absolute atomic E-state index is 0.145. The van der Waals surface area contributed by atoms with E-state index in [4.69, 9.17) is 21.4 Å². The zero-order valence-electron chi connectivity index (χ0n) is 9.17. The van der Waals surface area contributed by atoms with Crippen LogP contribution in [0.25, 0.3) is 11.5 Å². The molecular formula is C10H11N3O3S. The summed E-state index contributed by atoms with van der Waals surface area (Å²) in [6.45, 7) is 0.946. The first kappa shape index (κ1) is 11.7. The number of hydrogen-bond acceptors (Lipinski definition) is 5. The average molecular weight is 253 g/mol. The van der Waals surface area contributed by atoms with Crippen LogP contribution in [0, 0.1) is 4.84 Å². The normalized spacial score (nSPS) is 10.6. The number of H-pyrrole nitrogens is 1. The molecule has 0 saturated carbocycles. The molecule has 2 aromatic heterocycles. The van der Waals surface area contributed by atoms with Gasteiger partial charge in [0.2, 0.25) is 0 Å². The van der Waals surface area contributed by atoms with Gasteiger partial charge in [0.15, 0.2) is 0 Å². The van der Waals surface area contributed by atoms with Gasteiger partial charge in [-0.25, -0.2) is 5.10 Å². The highest BCUT2D eigenvalue weighted by atomic mass is 32.1. The minimum atomic E-state index is -0.185. The lowest BCUT2D eigenvalue weighted by molar-refractivity contribution is 0.186. The smallest absolute Gasteiger partial charge is 0.284 e. The van der Waals surface area contributed by atoms with Crippen molar-refractivity contribution >= 4 is 12.2 Å². The van der Waals surface area contributed by atoms with E-state index in [2.05, 4.69) is 10.2 Å². The Morgan fingerprint density at radius 1 is 1.65 bits per heavy atom. The number of rotatable bonds is 4. The zero-order chi connectivity index (χ0) is 12.3. The van der Waals surface area contributed by atoms with Crippen molar-refractivity contribution in [3.63, 3.8) is 0 Å². The van der Waals surface area contributed by atoms with Gasteiger partial charge in [-0.15, -0.1) is 5.10 Å². The van der Waals surface area contributed by atoms with E-state index in [1.807, 2.05) is 0 Å². The van der Waals surface area contributed by atoms with Gasteiger partial charge >= 0.3 is 0 Å². The van der Waals surface area contributed by atoms with Crippen molar-refractivity contribution in [3.05, 3.63) is 33.5 Å². The first-order valence-electron chi connectivity index (χ1n) is 4.96. The highest BCUT2D eigenvalue weighted by Gasteiger charge is 2.10. The van der Waals surface area contributed by atoms with E-state index in [-0.39, 0.29) is 16.3 Å². The Labute approximate surface area is 102 Å². The van der Waals surface area contributed by atoms with E-state index in [9.17, 15) is 4.79 Å². The number of aromatic nitrogens is 3. The fraction of sp³-hybridized carbons (Fsp3) is 0.300. The van der Waals surface area contributed by atoms with Crippen molar-refractivity contribution in [1.82, 2.24) is 14.8 Å². The molecule has 6 nitrogen and oxygen atoms in total. The molecule has 0 radical (unpaired) electrons. The van der Waals surface area contributed by atoms with Gasteiger partial charge in [-0.2, -0.15) is 0 Å². The van der Waals surface area contributed by atoms with Crippen LogP contribution in [0.5, 0.6) is 0 Å². The van der Waals surface area contributed by atoms with Crippen LogP contribution in [0.15, 0.2) is 27.5 Å². The number of methoxy groups -OCH3 is 1. The lowest BCUT2D eigenvalue weighted by Crippen LogP contribution is -2.22. The van der Waals surface area contributed by atoms with Crippen molar-refractivity contribution in [3.8, 4) is 11.5 Å². The molecule has 7 heteroatoms. The van der Waals surface area contributed by atoms with Gasteiger partial charge in [0.1, 0.15) is 5.56 Å². The summed E-state index contributed by atoms with van der Waals surface area (Å²) in [6, 6.07) is 3.39. The van der Waals surface area contributed by atoms with Crippen molar-refractivity contribution in [2.24, 2.45) is 0 Å². The second-order valence-electron chi connectivity index (χ2n) is 3.33. The molecule has 2 heterocycles. The quantitative estimate of drug-likeness (QED) is 0.829. The molecule has 0 saturated heterocycles. The first-order valence-corrected chi connectivity index (χ1v) is 5.37. The molecule has 0 aliphatic rings. The molecule has 1 N–H and O–H groups in total. The number of pyridine rings is 1. The summed E-state index contributed by atoms with van der Waals surface area (Å²) in [6.07, 6.45) is 1.69. The van der Waals surface area contributed by atoms with Crippen LogP contribution in [0.1, 0.15) is 0 Å². The van der Waals surface area contributed by atoms with E-state index in [1.54, 1.807) is 25.4 Å². The third-order valence-electron chi connectivity index (χ3n) is 2.23. The van der Waals surface area contributed by atoms with E-state index in [0.29, 0.717) is 18.7 Å². The summed E-state index contributed by atoms with van der Waals surface area (Å²) in [5, 5.41) is 6.31. The Balaban J connectivity index is 2.42. The Morgan fingerprint density at radius 2 is 2.47 bits per heavy atom. The third kappa shape index (κ3) is 2.51. The van der Waals surface area contributed by atoms with Gasteiger partial charge < -0.3 is 13.7 Å². The summed E-state index contributed by atoms with van der Waals surface area (Å²) >= 11 is 4.77. The Bertz CT molecular complexity index is 613. The van der Waals surface area contributed by atoms with E-state index in [0.717, 1.165) is 0 Å². The maximum Gasteiger partial charge on any atom is 0.284 e. The second kappa shape index (κ2) is 5.07. The number of aromatic amines is 1. The molecule has 0 amide bonds.